The lowest BCUT2D eigenvalue weighted by molar-refractivity contribution is -0.129. The summed E-state index contributed by atoms with van der Waals surface area (Å²) in [5, 5.41) is 0. The molecule has 0 spiro atoms. The van der Waals surface area contributed by atoms with Crippen molar-refractivity contribution in [1.29, 1.82) is 0 Å². The van der Waals surface area contributed by atoms with Crippen LogP contribution in [-0.2, 0) is 4.79 Å². The summed E-state index contributed by atoms with van der Waals surface area (Å²) in [6.07, 6.45) is 2.42. The van der Waals surface area contributed by atoms with Crippen molar-refractivity contribution in [3.8, 4) is 0 Å². The Kier molecular flexibility index (Phi) is 2.75. The topological polar surface area (TPSA) is 85.5 Å². The van der Waals surface area contributed by atoms with Crippen molar-refractivity contribution < 1.29 is 9.21 Å². The highest BCUT2D eigenvalue weighted by atomic mass is 16.3. The molecule has 82 valence electrons. The highest BCUT2D eigenvalue weighted by Crippen LogP contribution is 2.29. The molecule has 0 aromatic carbocycles. The standard InChI is InChI=1S/C10H15N3O2/c11-6-8(9-2-1-5-15-9)13-4-3-7(13)10(12)14/h1-2,5,7-8H,3-4,6,11H2,(H2,12,14). The molecule has 1 aliphatic heterocycles. The molecule has 1 saturated heterocycles. The SMILES string of the molecule is NCC(c1ccco1)N1CCC1C(N)=O. The van der Waals surface area contributed by atoms with Gasteiger partial charge >= 0.3 is 0 Å². The zero-order valence-corrected chi connectivity index (χ0v) is 8.43. The van der Waals surface area contributed by atoms with Gasteiger partial charge < -0.3 is 15.9 Å². The van der Waals surface area contributed by atoms with Gasteiger partial charge in [0, 0.05) is 13.1 Å². The van der Waals surface area contributed by atoms with Crippen LogP contribution in [0.1, 0.15) is 18.2 Å². The summed E-state index contributed by atoms with van der Waals surface area (Å²) in [7, 11) is 0. The van der Waals surface area contributed by atoms with Crippen molar-refractivity contribution in [2.24, 2.45) is 11.5 Å². The highest BCUT2D eigenvalue weighted by Gasteiger charge is 2.38. The predicted molar refractivity (Wildman–Crippen MR) is 54.8 cm³/mol. The van der Waals surface area contributed by atoms with E-state index in [4.69, 9.17) is 15.9 Å². The second-order valence-electron chi connectivity index (χ2n) is 3.71. The average molecular weight is 209 g/mol. The summed E-state index contributed by atoms with van der Waals surface area (Å²) >= 11 is 0. The van der Waals surface area contributed by atoms with E-state index in [-0.39, 0.29) is 18.0 Å². The lowest BCUT2D eigenvalue weighted by atomic mass is 9.98. The Labute approximate surface area is 88.0 Å². The zero-order chi connectivity index (χ0) is 10.8. The molecule has 2 atom stereocenters. The molecule has 1 aliphatic rings. The van der Waals surface area contributed by atoms with Crippen molar-refractivity contribution in [3.05, 3.63) is 24.2 Å². The van der Waals surface area contributed by atoms with Crippen LogP contribution >= 0.6 is 0 Å². The summed E-state index contributed by atoms with van der Waals surface area (Å²) < 4.78 is 5.30. The molecule has 0 aliphatic carbocycles. The van der Waals surface area contributed by atoms with Gasteiger partial charge in [0.2, 0.25) is 5.91 Å². The molecule has 1 aromatic heterocycles. The molecule has 2 rings (SSSR count). The molecule has 1 aromatic rings. The molecule has 4 N–H and O–H groups in total. The molecule has 1 amide bonds. The van der Waals surface area contributed by atoms with Crippen LogP contribution in [-0.4, -0.2) is 29.9 Å². The molecular formula is C10H15N3O2. The first kappa shape index (κ1) is 10.2. The third-order valence-electron chi connectivity index (χ3n) is 2.88. The lowest BCUT2D eigenvalue weighted by Crippen LogP contribution is -2.57. The molecule has 0 radical (unpaired) electrons. The summed E-state index contributed by atoms with van der Waals surface area (Å²) in [5.41, 5.74) is 11.0. The molecule has 1 fully saturated rings. The fourth-order valence-corrected chi connectivity index (χ4v) is 1.98. The number of nitrogens with two attached hydrogens (primary N) is 2. The summed E-state index contributed by atoms with van der Waals surface area (Å²) in [4.78, 5) is 13.1. The van der Waals surface area contributed by atoms with Crippen LogP contribution in [0.2, 0.25) is 0 Å². The van der Waals surface area contributed by atoms with Crippen LogP contribution in [0.3, 0.4) is 0 Å². The second kappa shape index (κ2) is 4.04. The van der Waals surface area contributed by atoms with Gasteiger partial charge in [-0.1, -0.05) is 0 Å². The van der Waals surface area contributed by atoms with E-state index in [9.17, 15) is 4.79 Å². The highest BCUT2D eigenvalue weighted by molar-refractivity contribution is 5.80. The van der Waals surface area contributed by atoms with Crippen molar-refractivity contribution >= 4 is 5.91 Å². The van der Waals surface area contributed by atoms with Gasteiger partial charge in [-0.25, -0.2) is 0 Å². The van der Waals surface area contributed by atoms with E-state index in [1.165, 1.54) is 0 Å². The zero-order valence-electron chi connectivity index (χ0n) is 8.43. The molecule has 0 saturated carbocycles. The van der Waals surface area contributed by atoms with Crippen LogP contribution < -0.4 is 11.5 Å². The minimum Gasteiger partial charge on any atom is -0.468 e. The molecule has 2 heterocycles. The van der Waals surface area contributed by atoms with Crippen molar-refractivity contribution in [1.82, 2.24) is 4.90 Å². The minimum atomic E-state index is -0.286. The van der Waals surface area contributed by atoms with Crippen LogP contribution in [0, 0.1) is 0 Å². The largest absolute Gasteiger partial charge is 0.468 e. The first-order valence-corrected chi connectivity index (χ1v) is 5.02. The number of carbonyl (C=O) groups is 1. The van der Waals surface area contributed by atoms with Crippen LogP contribution in [0.25, 0.3) is 0 Å². The fraction of sp³-hybridized carbons (Fsp3) is 0.500. The minimum absolute atomic E-state index is 0.0359. The first-order valence-electron chi connectivity index (χ1n) is 5.02. The number of carbonyl (C=O) groups excluding carboxylic acids is 1. The van der Waals surface area contributed by atoms with E-state index < -0.39 is 0 Å². The normalized spacial score (nSPS) is 23.4. The van der Waals surface area contributed by atoms with Gasteiger partial charge in [0.05, 0.1) is 18.3 Å². The molecular weight excluding hydrogens is 194 g/mol. The second-order valence-corrected chi connectivity index (χ2v) is 3.71. The Hall–Kier alpha value is -1.33. The van der Waals surface area contributed by atoms with Gasteiger partial charge in [-0.15, -0.1) is 0 Å². The fourth-order valence-electron chi connectivity index (χ4n) is 1.98. The van der Waals surface area contributed by atoms with Crippen molar-refractivity contribution in [2.45, 2.75) is 18.5 Å². The van der Waals surface area contributed by atoms with Gasteiger partial charge in [0.1, 0.15) is 5.76 Å². The number of furan rings is 1. The number of nitrogens with zero attached hydrogens (tertiary/aromatic N) is 1. The van der Waals surface area contributed by atoms with E-state index in [0.717, 1.165) is 18.7 Å². The van der Waals surface area contributed by atoms with Crippen molar-refractivity contribution in [2.75, 3.05) is 13.1 Å². The monoisotopic (exact) mass is 209 g/mol. The summed E-state index contributed by atoms with van der Waals surface area (Å²) in [6.45, 7) is 1.27. The Morgan fingerprint density at radius 3 is 2.93 bits per heavy atom. The maximum atomic E-state index is 11.1. The summed E-state index contributed by atoms with van der Waals surface area (Å²) in [5.74, 6) is 0.509. The Balaban J connectivity index is 2.11. The van der Waals surface area contributed by atoms with E-state index in [2.05, 4.69) is 0 Å². The number of rotatable bonds is 4. The van der Waals surface area contributed by atoms with E-state index >= 15 is 0 Å². The maximum absolute atomic E-state index is 11.1. The number of amides is 1. The number of hydrogen-bond donors (Lipinski definition) is 2. The smallest absolute Gasteiger partial charge is 0.234 e. The molecule has 5 heteroatoms. The quantitative estimate of drug-likeness (QED) is 0.721. The predicted octanol–water partition coefficient (Wildman–Crippen LogP) is -0.161. The van der Waals surface area contributed by atoms with Gasteiger partial charge in [-0.3, -0.25) is 9.69 Å². The van der Waals surface area contributed by atoms with Crippen LogP contribution in [0.5, 0.6) is 0 Å². The maximum Gasteiger partial charge on any atom is 0.234 e. The number of likely N-dealkylation sites (tertiary alicyclic amines) is 1. The molecule has 0 bridgehead atoms. The molecule has 5 nitrogen and oxygen atoms in total. The third-order valence-corrected chi connectivity index (χ3v) is 2.88. The Morgan fingerprint density at radius 2 is 2.53 bits per heavy atom. The van der Waals surface area contributed by atoms with Crippen molar-refractivity contribution in [3.63, 3.8) is 0 Å². The average Bonchev–Trinajstić information content (AvgIpc) is 2.63. The van der Waals surface area contributed by atoms with Gasteiger partial charge in [0.25, 0.3) is 0 Å². The molecule has 15 heavy (non-hydrogen) atoms. The van der Waals surface area contributed by atoms with E-state index in [1.54, 1.807) is 6.26 Å². The lowest BCUT2D eigenvalue weighted by Gasteiger charge is -2.43. The van der Waals surface area contributed by atoms with E-state index in [1.807, 2.05) is 17.0 Å². The Morgan fingerprint density at radius 1 is 1.73 bits per heavy atom. The number of primary amides is 1. The van der Waals surface area contributed by atoms with Crippen LogP contribution in [0.4, 0.5) is 0 Å². The third kappa shape index (κ3) is 1.75. The van der Waals surface area contributed by atoms with Gasteiger partial charge in [-0.2, -0.15) is 0 Å². The first-order chi connectivity index (χ1) is 7.24. The van der Waals surface area contributed by atoms with Gasteiger partial charge in [0.15, 0.2) is 0 Å². The van der Waals surface area contributed by atoms with Gasteiger partial charge in [-0.05, 0) is 18.6 Å². The molecule has 2 unspecified atom stereocenters. The Bertz CT molecular complexity index is 336. The number of hydrogen-bond acceptors (Lipinski definition) is 4. The summed E-state index contributed by atoms with van der Waals surface area (Å²) in [6, 6.07) is 3.46. The van der Waals surface area contributed by atoms with E-state index in [0.29, 0.717) is 6.54 Å². The van der Waals surface area contributed by atoms with Crippen LogP contribution in [0.15, 0.2) is 22.8 Å².